The van der Waals surface area contributed by atoms with Gasteiger partial charge in [0.1, 0.15) is 18.8 Å². The van der Waals surface area contributed by atoms with Crippen molar-refractivity contribution in [1.29, 1.82) is 0 Å². The second-order valence-electron chi connectivity index (χ2n) is 6.22. The first-order valence-electron chi connectivity index (χ1n) is 8.73. The van der Waals surface area contributed by atoms with E-state index in [0.29, 0.717) is 12.5 Å². The normalized spacial score (nSPS) is 15.3. The lowest BCUT2D eigenvalue weighted by Crippen LogP contribution is -2.38. The summed E-state index contributed by atoms with van der Waals surface area (Å²) in [6.45, 7) is 4.82. The summed E-state index contributed by atoms with van der Waals surface area (Å²) in [4.78, 5) is 10.9. The zero-order chi connectivity index (χ0) is 17.8. The Morgan fingerprint density at radius 2 is 1.77 bits per heavy atom. The topological polar surface area (TPSA) is 47.5 Å². The van der Waals surface area contributed by atoms with Gasteiger partial charge in [-0.3, -0.25) is 4.90 Å². The largest absolute Gasteiger partial charge is 0.476 e. The number of fused-ring (bicyclic) bond motifs is 1. The molecule has 1 aliphatic rings. The molecule has 1 fully saturated rings. The number of aromatic nitrogens is 2. The fraction of sp³-hybridized carbons (Fsp3) is 0.300. The Hall–Kier alpha value is -2.57. The summed E-state index contributed by atoms with van der Waals surface area (Å²) in [5.41, 5.74) is 2.74. The van der Waals surface area contributed by atoms with Crippen LogP contribution in [0.3, 0.4) is 0 Å². The van der Waals surface area contributed by atoms with Gasteiger partial charge in [-0.2, -0.15) is 0 Å². The third-order valence-corrected chi connectivity index (χ3v) is 4.53. The van der Waals surface area contributed by atoms with Crippen LogP contribution >= 0.6 is 0 Å². The smallest absolute Gasteiger partial charge is 0.224 e. The van der Waals surface area contributed by atoms with Gasteiger partial charge in [0.2, 0.25) is 5.88 Å². The van der Waals surface area contributed by atoms with Crippen molar-refractivity contribution in [2.45, 2.75) is 0 Å². The van der Waals surface area contributed by atoms with Gasteiger partial charge in [0, 0.05) is 19.6 Å². The van der Waals surface area contributed by atoms with E-state index in [4.69, 9.17) is 9.47 Å². The molecule has 0 saturated carbocycles. The van der Waals surface area contributed by atoms with E-state index in [2.05, 4.69) is 14.9 Å². The van der Waals surface area contributed by atoms with E-state index in [1.54, 1.807) is 12.1 Å². The molecular formula is C20H20FN3O2. The lowest BCUT2D eigenvalue weighted by molar-refractivity contribution is 0.0321. The minimum absolute atomic E-state index is 0.245. The minimum atomic E-state index is -0.245. The van der Waals surface area contributed by atoms with Gasteiger partial charge in [-0.25, -0.2) is 14.4 Å². The van der Waals surface area contributed by atoms with Crippen molar-refractivity contribution in [2.24, 2.45) is 0 Å². The van der Waals surface area contributed by atoms with Crippen LogP contribution in [0.2, 0.25) is 0 Å². The molecule has 0 N–H and O–H groups in total. The van der Waals surface area contributed by atoms with E-state index < -0.39 is 0 Å². The minimum Gasteiger partial charge on any atom is -0.476 e. The Balaban J connectivity index is 1.54. The molecule has 0 aliphatic carbocycles. The van der Waals surface area contributed by atoms with Crippen molar-refractivity contribution in [3.05, 3.63) is 54.6 Å². The highest BCUT2D eigenvalue weighted by atomic mass is 19.1. The molecular weight excluding hydrogens is 333 g/mol. The van der Waals surface area contributed by atoms with Crippen molar-refractivity contribution in [1.82, 2.24) is 14.9 Å². The summed E-state index contributed by atoms with van der Waals surface area (Å²) in [5, 5.41) is 0.858. The molecule has 0 unspecified atom stereocenters. The average molecular weight is 353 g/mol. The Morgan fingerprint density at radius 3 is 2.58 bits per heavy atom. The highest BCUT2D eigenvalue weighted by Crippen LogP contribution is 2.28. The second kappa shape index (κ2) is 7.76. The van der Waals surface area contributed by atoms with Crippen LogP contribution in [0.5, 0.6) is 5.88 Å². The summed E-state index contributed by atoms with van der Waals surface area (Å²) in [7, 11) is 0. The van der Waals surface area contributed by atoms with Crippen molar-refractivity contribution in [3.63, 3.8) is 0 Å². The molecule has 1 saturated heterocycles. The second-order valence-corrected chi connectivity index (χ2v) is 6.22. The molecule has 0 spiro atoms. The third-order valence-electron chi connectivity index (χ3n) is 4.53. The summed E-state index contributed by atoms with van der Waals surface area (Å²) in [6.07, 6.45) is 1.52. The molecule has 2 heterocycles. The third kappa shape index (κ3) is 3.81. The van der Waals surface area contributed by atoms with E-state index in [0.717, 1.165) is 54.9 Å². The first-order valence-corrected chi connectivity index (χ1v) is 8.73. The number of halogens is 1. The van der Waals surface area contributed by atoms with Crippen LogP contribution < -0.4 is 4.74 Å². The van der Waals surface area contributed by atoms with Crippen LogP contribution in [0.1, 0.15) is 0 Å². The van der Waals surface area contributed by atoms with Gasteiger partial charge in [-0.15, -0.1) is 0 Å². The molecule has 26 heavy (non-hydrogen) atoms. The number of rotatable bonds is 5. The molecule has 1 aliphatic heterocycles. The number of hydrogen-bond donors (Lipinski definition) is 0. The predicted octanol–water partition coefficient (Wildman–Crippen LogP) is 3.15. The van der Waals surface area contributed by atoms with Gasteiger partial charge in [0.25, 0.3) is 0 Å². The Bertz CT molecular complexity index is 880. The summed E-state index contributed by atoms with van der Waals surface area (Å²) in [6, 6.07) is 12.3. The summed E-state index contributed by atoms with van der Waals surface area (Å²) in [5.74, 6) is 0.331. The molecule has 1 aromatic heterocycles. The lowest BCUT2D eigenvalue weighted by atomic mass is 10.0. The van der Waals surface area contributed by atoms with Gasteiger partial charge in [0.15, 0.2) is 0 Å². The van der Waals surface area contributed by atoms with Crippen molar-refractivity contribution < 1.29 is 13.9 Å². The van der Waals surface area contributed by atoms with Gasteiger partial charge in [-0.05, 0) is 35.4 Å². The molecule has 4 rings (SSSR count). The first kappa shape index (κ1) is 16.9. The summed E-state index contributed by atoms with van der Waals surface area (Å²) < 4.78 is 24.5. The van der Waals surface area contributed by atoms with Crippen LogP contribution in [0, 0.1) is 5.82 Å². The Labute approximate surface area is 151 Å². The van der Waals surface area contributed by atoms with Crippen LogP contribution in [0.4, 0.5) is 4.39 Å². The molecule has 0 amide bonds. The number of benzene rings is 2. The van der Waals surface area contributed by atoms with Gasteiger partial charge >= 0.3 is 0 Å². The van der Waals surface area contributed by atoms with E-state index in [1.165, 1.54) is 18.5 Å². The number of morpholine rings is 1. The van der Waals surface area contributed by atoms with Crippen LogP contribution in [-0.2, 0) is 4.74 Å². The zero-order valence-electron chi connectivity index (χ0n) is 14.4. The van der Waals surface area contributed by atoms with E-state index in [9.17, 15) is 4.39 Å². The van der Waals surface area contributed by atoms with Crippen molar-refractivity contribution >= 4 is 10.9 Å². The van der Waals surface area contributed by atoms with Crippen LogP contribution in [-0.4, -0.2) is 54.3 Å². The SMILES string of the molecule is Fc1ccc(-c2ccc3ncnc(OCCN4CCOCC4)c3c2)cc1. The fourth-order valence-electron chi connectivity index (χ4n) is 3.07. The van der Waals surface area contributed by atoms with E-state index >= 15 is 0 Å². The molecule has 0 radical (unpaired) electrons. The van der Waals surface area contributed by atoms with Crippen LogP contribution in [0.25, 0.3) is 22.0 Å². The monoisotopic (exact) mass is 353 g/mol. The van der Waals surface area contributed by atoms with Crippen molar-refractivity contribution in [2.75, 3.05) is 39.5 Å². The number of hydrogen-bond acceptors (Lipinski definition) is 5. The highest BCUT2D eigenvalue weighted by molar-refractivity contribution is 5.88. The summed E-state index contributed by atoms with van der Waals surface area (Å²) >= 11 is 0. The molecule has 2 aromatic carbocycles. The maximum atomic E-state index is 13.2. The van der Waals surface area contributed by atoms with Gasteiger partial charge in [-0.1, -0.05) is 18.2 Å². The number of ether oxygens (including phenoxy) is 2. The van der Waals surface area contributed by atoms with Crippen LogP contribution in [0.15, 0.2) is 48.8 Å². The Kier molecular flexibility index (Phi) is 5.04. The van der Waals surface area contributed by atoms with Gasteiger partial charge in [0.05, 0.1) is 24.1 Å². The lowest BCUT2D eigenvalue weighted by Gasteiger charge is -2.26. The van der Waals surface area contributed by atoms with E-state index in [-0.39, 0.29) is 5.82 Å². The molecule has 5 nitrogen and oxygen atoms in total. The molecule has 3 aromatic rings. The highest BCUT2D eigenvalue weighted by Gasteiger charge is 2.11. The first-order chi connectivity index (χ1) is 12.8. The van der Waals surface area contributed by atoms with Gasteiger partial charge < -0.3 is 9.47 Å². The van der Waals surface area contributed by atoms with E-state index in [1.807, 2.05) is 18.2 Å². The molecule has 134 valence electrons. The fourth-order valence-corrected chi connectivity index (χ4v) is 3.07. The number of nitrogens with zero attached hydrogens (tertiary/aromatic N) is 3. The molecule has 0 atom stereocenters. The quantitative estimate of drug-likeness (QED) is 0.705. The maximum absolute atomic E-state index is 13.2. The molecule has 6 heteroatoms. The molecule has 0 bridgehead atoms. The van der Waals surface area contributed by atoms with Crippen molar-refractivity contribution in [3.8, 4) is 17.0 Å². The predicted molar refractivity (Wildman–Crippen MR) is 97.7 cm³/mol. The average Bonchev–Trinajstić information content (AvgIpc) is 2.69. The Morgan fingerprint density at radius 1 is 1.00 bits per heavy atom. The maximum Gasteiger partial charge on any atom is 0.224 e. The zero-order valence-corrected chi connectivity index (χ0v) is 14.4. The standard InChI is InChI=1S/C20H20FN3O2/c21-17-4-1-15(2-5-17)16-3-6-19-18(13-16)20(23-14-22-19)26-12-9-24-7-10-25-11-8-24/h1-6,13-14H,7-12H2.